The van der Waals surface area contributed by atoms with Crippen LogP contribution in [0.5, 0.6) is 0 Å². The maximum absolute atomic E-state index is 12.2. The highest BCUT2D eigenvalue weighted by molar-refractivity contribution is 9.10. The first-order chi connectivity index (χ1) is 9.97. The number of amides is 2. The SMILES string of the molecule is CC(NC(=O)c1cccc(C(N)=O)c1)c1ccc(Br)cc1. The van der Waals surface area contributed by atoms with E-state index in [0.717, 1.165) is 10.0 Å². The molecule has 2 amide bonds. The van der Waals surface area contributed by atoms with Gasteiger partial charge >= 0.3 is 0 Å². The Morgan fingerprint density at radius 2 is 1.71 bits per heavy atom. The van der Waals surface area contributed by atoms with Gasteiger partial charge < -0.3 is 11.1 Å². The monoisotopic (exact) mass is 346 g/mol. The fourth-order valence-corrected chi connectivity index (χ4v) is 2.19. The van der Waals surface area contributed by atoms with E-state index in [0.29, 0.717) is 11.1 Å². The van der Waals surface area contributed by atoms with Crippen molar-refractivity contribution in [1.29, 1.82) is 0 Å². The lowest BCUT2D eigenvalue weighted by molar-refractivity contribution is 0.0940. The van der Waals surface area contributed by atoms with Gasteiger partial charge in [-0.3, -0.25) is 9.59 Å². The van der Waals surface area contributed by atoms with Crippen LogP contribution in [0.2, 0.25) is 0 Å². The number of hydrogen-bond acceptors (Lipinski definition) is 2. The molecule has 108 valence electrons. The molecule has 2 aromatic carbocycles. The van der Waals surface area contributed by atoms with Crippen molar-refractivity contribution in [3.8, 4) is 0 Å². The zero-order valence-corrected chi connectivity index (χ0v) is 13.1. The van der Waals surface area contributed by atoms with E-state index in [9.17, 15) is 9.59 Å². The second-order valence-electron chi connectivity index (χ2n) is 4.69. The highest BCUT2D eigenvalue weighted by atomic mass is 79.9. The minimum Gasteiger partial charge on any atom is -0.366 e. The summed E-state index contributed by atoms with van der Waals surface area (Å²) in [7, 11) is 0. The zero-order valence-electron chi connectivity index (χ0n) is 11.5. The van der Waals surface area contributed by atoms with Gasteiger partial charge in [0.05, 0.1) is 6.04 Å². The minimum absolute atomic E-state index is 0.136. The van der Waals surface area contributed by atoms with E-state index in [1.807, 2.05) is 31.2 Å². The van der Waals surface area contributed by atoms with Gasteiger partial charge in [-0.1, -0.05) is 34.1 Å². The van der Waals surface area contributed by atoms with Crippen molar-refractivity contribution in [2.45, 2.75) is 13.0 Å². The highest BCUT2D eigenvalue weighted by Crippen LogP contribution is 2.17. The van der Waals surface area contributed by atoms with Gasteiger partial charge in [-0.15, -0.1) is 0 Å². The molecule has 0 saturated carbocycles. The van der Waals surface area contributed by atoms with Crippen molar-refractivity contribution in [3.05, 3.63) is 69.7 Å². The topological polar surface area (TPSA) is 72.2 Å². The molecule has 1 unspecified atom stereocenters. The maximum atomic E-state index is 12.2. The summed E-state index contributed by atoms with van der Waals surface area (Å²) >= 11 is 3.37. The van der Waals surface area contributed by atoms with Gasteiger partial charge in [0, 0.05) is 15.6 Å². The zero-order chi connectivity index (χ0) is 15.4. The fraction of sp³-hybridized carbons (Fsp3) is 0.125. The Kier molecular flexibility index (Phi) is 4.75. The average Bonchev–Trinajstić information content (AvgIpc) is 2.48. The first-order valence-electron chi connectivity index (χ1n) is 6.43. The number of nitrogens with one attached hydrogen (secondary N) is 1. The molecule has 3 N–H and O–H groups in total. The second kappa shape index (κ2) is 6.54. The van der Waals surface area contributed by atoms with Crippen LogP contribution in [0.3, 0.4) is 0 Å². The average molecular weight is 347 g/mol. The summed E-state index contributed by atoms with van der Waals surface area (Å²) in [4.78, 5) is 23.3. The number of nitrogens with two attached hydrogens (primary N) is 1. The summed E-state index contributed by atoms with van der Waals surface area (Å²) in [6.45, 7) is 1.90. The number of primary amides is 1. The molecule has 0 bridgehead atoms. The van der Waals surface area contributed by atoms with E-state index in [4.69, 9.17) is 5.73 Å². The molecule has 0 aromatic heterocycles. The first kappa shape index (κ1) is 15.3. The Hall–Kier alpha value is -2.14. The largest absolute Gasteiger partial charge is 0.366 e. The Bertz CT molecular complexity index is 668. The molecule has 1 atom stereocenters. The molecule has 0 heterocycles. The van der Waals surface area contributed by atoms with Crippen molar-refractivity contribution in [3.63, 3.8) is 0 Å². The van der Waals surface area contributed by atoms with Crippen molar-refractivity contribution in [1.82, 2.24) is 5.32 Å². The highest BCUT2D eigenvalue weighted by Gasteiger charge is 2.12. The summed E-state index contributed by atoms with van der Waals surface area (Å²) in [5.41, 5.74) is 6.94. The van der Waals surface area contributed by atoms with Crippen LogP contribution in [0.15, 0.2) is 53.0 Å². The molecule has 0 aliphatic heterocycles. The van der Waals surface area contributed by atoms with E-state index in [2.05, 4.69) is 21.2 Å². The summed E-state index contributed by atoms with van der Waals surface area (Å²) < 4.78 is 0.985. The normalized spacial score (nSPS) is 11.7. The van der Waals surface area contributed by atoms with E-state index < -0.39 is 5.91 Å². The Labute approximate surface area is 131 Å². The standard InChI is InChI=1S/C16H15BrN2O2/c1-10(11-5-7-14(17)8-6-11)19-16(21)13-4-2-3-12(9-13)15(18)20/h2-10H,1H3,(H2,18,20)(H,19,21). The Balaban J connectivity index is 2.12. The molecule has 0 spiro atoms. The molecule has 2 rings (SSSR count). The van der Waals surface area contributed by atoms with Crippen molar-refractivity contribution < 1.29 is 9.59 Å². The number of rotatable bonds is 4. The van der Waals surface area contributed by atoms with Crippen LogP contribution in [0.25, 0.3) is 0 Å². The van der Waals surface area contributed by atoms with Gasteiger partial charge in [-0.25, -0.2) is 0 Å². The molecular weight excluding hydrogens is 332 g/mol. The number of benzene rings is 2. The molecule has 0 saturated heterocycles. The molecule has 0 aliphatic rings. The molecular formula is C16H15BrN2O2. The second-order valence-corrected chi connectivity index (χ2v) is 5.61. The van der Waals surface area contributed by atoms with Crippen LogP contribution in [0.4, 0.5) is 0 Å². The number of carbonyl (C=O) groups excluding carboxylic acids is 2. The summed E-state index contributed by atoms with van der Waals surface area (Å²) in [5.74, 6) is -0.792. The number of hydrogen-bond donors (Lipinski definition) is 2. The lowest BCUT2D eigenvalue weighted by Gasteiger charge is -2.14. The Morgan fingerprint density at radius 3 is 2.33 bits per heavy atom. The summed E-state index contributed by atoms with van der Waals surface area (Å²) in [6, 6.07) is 13.9. The predicted octanol–water partition coefficient (Wildman–Crippen LogP) is 3.04. The molecule has 5 heteroatoms. The van der Waals surface area contributed by atoms with Gasteiger partial charge in [0.15, 0.2) is 0 Å². The molecule has 4 nitrogen and oxygen atoms in total. The van der Waals surface area contributed by atoms with Gasteiger partial charge in [-0.05, 0) is 42.8 Å². The summed E-state index contributed by atoms with van der Waals surface area (Å²) in [5, 5.41) is 2.89. The van der Waals surface area contributed by atoms with E-state index in [1.165, 1.54) is 6.07 Å². The molecule has 0 aliphatic carbocycles. The molecule has 21 heavy (non-hydrogen) atoms. The van der Waals surface area contributed by atoms with Gasteiger partial charge in [0.1, 0.15) is 0 Å². The Morgan fingerprint density at radius 1 is 1.10 bits per heavy atom. The molecule has 0 radical (unpaired) electrons. The number of halogens is 1. The third-order valence-electron chi connectivity index (χ3n) is 3.13. The molecule has 2 aromatic rings. The number of carbonyl (C=O) groups is 2. The van der Waals surface area contributed by atoms with Crippen molar-refractivity contribution in [2.75, 3.05) is 0 Å². The van der Waals surface area contributed by atoms with E-state index in [1.54, 1.807) is 18.2 Å². The van der Waals surface area contributed by atoms with Crippen molar-refractivity contribution in [2.24, 2.45) is 5.73 Å². The third-order valence-corrected chi connectivity index (χ3v) is 3.66. The predicted molar refractivity (Wildman–Crippen MR) is 85.0 cm³/mol. The van der Waals surface area contributed by atoms with E-state index in [-0.39, 0.29) is 11.9 Å². The maximum Gasteiger partial charge on any atom is 0.251 e. The van der Waals surface area contributed by atoms with Gasteiger partial charge in [-0.2, -0.15) is 0 Å². The molecule has 0 fully saturated rings. The quantitative estimate of drug-likeness (QED) is 0.892. The third kappa shape index (κ3) is 3.92. The van der Waals surface area contributed by atoms with Crippen LogP contribution in [0, 0.1) is 0 Å². The van der Waals surface area contributed by atoms with Crippen LogP contribution in [0.1, 0.15) is 39.2 Å². The lowest BCUT2D eigenvalue weighted by atomic mass is 10.1. The lowest BCUT2D eigenvalue weighted by Crippen LogP contribution is -2.27. The van der Waals surface area contributed by atoms with E-state index >= 15 is 0 Å². The van der Waals surface area contributed by atoms with Crippen LogP contribution >= 0.6 is 15.9 Å². The van der Waals surface area contributed by atoms with Gasteiger partial charge in [0.2, 0.25) is 5.91 Å². The van der Waals surface area contributed by atoms with Crippen molar-refractivity contribution >= 4 is 27.7 Å². The smallest absolute Gasteiger partial charge is 0.251 e. The van der Waals surface area contributed by atoms with Crippen LogP contribution in [-0.2, 0) is 0 Å². The minimum atomic E-state index is -0.550. The van der Waals surface area contributed by atoms with Crippen LogP contribution < -0.4 is 11.1 Å². The van der Waals surface area contributed by atoms with Crippen LogP contribution in [-0.4, -0.2) is 11.8 Å². The first-order valence-corrected chi connectivity index (χ1v) is 7.23. The summed E-state index contributed by atoms with van der Waals surface area (Å²) in [6.07, 6.45) is 0. The fourth-order valence-electron chi connectivity index (χ4n) is 1.93. The van der Waals surface area contributed by atoms with Gasteiger partial charge in [0.25, 0.3) is 5.91 Å².